The number of carbonyl (C=O) groups is 1. The molecule has 0 aromatic rings. The van der Waals surface area contributed by atoms with E-state index >= 15 is 0 Å². The van der Waals surface area contributed by atoms with Crippen LogP contribution in [0.5, 0.6) is 0 Å². The lowest BCUT2D eigenvalue weighted by Crippen LogP contribution is -2.59. The minimum Gasteiger partial charge on any atom is -0.466 e. The molecule has 0 spiro atoms. The second kappa shape index (κ2) is 8.21. The topological polar surface area (TPSA) is 54.0 Å². The minimum absolute atomic E-state index is 0.0850. The zero-order valence-electron chi connectivity index (χ0n) is 16.0. The molecule has 1 aliphatic heterocycles. The third kappa shape index (κ3) is 6.52. The molecule has 0 unspecified atom stereocenters. The van der Waals surface area contributed by atoms with E-state index in [1.54, 1.807) is 6.92 Å². The Labute approximate surface area is 166 Å². The molecule has 25 heavy (non-hydrogen) atoms. The van der Waals surface area contributed by atoms with Gasteiger partial charge < -0.3 is 18.6 Å². The Bertz CT molecular complexity index is 475. The summed E-state index contributed by atoms with van der Waals surface area (Å²) in [6.07, 6.45) is -1.19. The van der Waals surface area contributed by atoms with Gasteiger partial charge in [-0.05, 0) is 32.0 Å². The van der Waals surface area contributed by atoms with Crippen molar-refractivity contribution in [3.63, 3.8) is 0 Å². The highest BCUT2D eigenvalue weighted by Gasteiger charge is 2.54. The maximum Gasteiger partial charge on any atom is 0.311 e. The molecule has 1 fully saturated rings. The van der Waals surface area contributed by atoms with E-state index in [9.17, 15) is 4.79 Å². The summed E-state index contributed by atoms with van der Waals surface area (Å²) in [5, 5.41) is -0.0883. The lowest BCUT2D eigenvalue weighted by atomic mass is 10.0. The molecule has 0 radical (unpaired) electrons. The van der Waals surface area contributed by atoms with Crippen molar-refractivity contribution < 1.29 is 23.4 Å². The molecule has 1 rings (SSSR count). The van der Waals surface area contributed by atoms with Crippen LogP contribution in [-0.4, -0.2) is 42.9 Å². The number of esters is 1. The largest absolute Gasteiger partial charge is 0.466 e. The van der Waals surface area contributed by atoms with Crippen LogP contribution in [0.2, 0.25) is 18.1 Å². The summed E-state index contributed by atoms with van der Waals surface area (Å²) >= 11 is 18.0. The second-order valence-electron chi connectivity index (χ2n) is 7.90. The van der Waals surface area contributed by atoms with E-state index in [1.807, 2.05) is 6.92 Å². The monoisotopic (exact) mass is 434 g/mol. The highest BCUT2D eigenvalue weighted by atomic mass is 35.6. The molecule has 0 N–H and O–H groups in total. The van der Waals surface area contributed by atoms with Gasteiger partial charge in [-0.2, -0.15) is 0 Å². The zero-order chi connectivity index (χ0) is 19.7. The van der Waals surface area contributed by atoms with Gasteiger partial charge >= 0.3 is 5.97 Å². The van der Waals surface area contributed by atoms with Crippen LogP contribution in [0.25, 0.3) is 0 Å². The Kier molecular flexibility index (Phi) is 7.71. The first kappa shape index (κ1) is 23.5. The van der Waals surface area contributed by atoms with E-state index in [0.29, 0.717) is 6.42 Å². The summed E-state index contributed by atoms with van der Waals surface area (Å²) < 4.78 is 21.4. The summed E-state index contributed by atoms with van der Waals surface area (Å²) in [5.41, 5.74) is 0. The molecule has 3 atom stereocenters. The number of carbonyl (C=O) groups excluding carboxylic acids is 1. The number of halogens is 3. The SMILES string of the molecule is CCOC(=O)C[C@@]1(O[Si](C)(C)C(C)(C)C)C[C@@H](C)O[C@@H](C(Cl)(Cl)Cl)O1. The van der Waals surface area contributed by atoms with Crippen molar-refractivity contribution in [2.75, 3.05) is 6.61 Å². The average Bonchev–Trinajstić information content (AvgIpc) is 2.34. The van der Waals surface area contributed by atoms with Crippen LogP contribution in [0.15, 0.2) is 0 Å². The smallest absolute Gasteiger partial charge is 0.311 e. The second-order valence-corrected chi connectivity index (χ2v) is 15.0. The Morgan fingerprint density at radius 3 is 2.28 bits per heavy atom. The molecule has 1 saturated heterocycles. The van der Waals surface area contributed by atoms with E-state index in [1.165, 1.54) is 0 Å². The van der Waals surface area contributed by atoms with E-state index in [0.717, 1.165) is 0 Å². The Balaban J connectivity index is 3.20. The number of hydrogen-bond acceptors (Lipinski definition) is 5. The van der Waals surface area contributed by atoms with Gasteiger partial charge in [-0.15, -0.1) is 0 Å². The van der Waals surface area contributed by atoms with Crippen molar-refractivity contribution in [3.05, 3.63) is 0 Å². The van der Waals surface area contributed by atoms with Gasteiger partial charge in [0.1, 0.15) is 0 Å². The van der Waals surface area contributed by atoms with Crippen molar-refractivity contribution in [3.8, 4) is 0 Å². The van der Waals surface area contributed by atoms with Gasteiger partial charge in [0.2, 0.25) is 10.1 Å². The van der Waals surface area contributed by atoms with E-state index in [4.69, 9.17) is 53.4 Å². The molecule has 148 valence electrons. The fraction of sp³-hybridized carbons (Fsp3) is 0.938. The van der Waals surface area contributed by atoms with Gasteiger partial charge in [-0.25, -0.2) is 0 Å². The summed E-state index contributed by atoms with van der Waals surface area (Å²) in [6, 6.07) is 0. The molecule has 0 saturated carbocycles. The molecule has 5 nitrogen and oxygen atoms in total. The Morgan fingerprint density at radius 2 is 1.84 bits per heavy atom. The van der Waals surface area contributed by atoms with Gasteiger partial charge in [0.05, 0.1) is 19.1 Å². The van der Waals surface area contributed by atoms with Gasteiger partial charge in [-0.1, -0.05) is 55.6 Å². The van der Waals surface area contributed by atoms with Gasteiger partial charge in [-0.3, -0.25) is 4.79 Å². The van der Waals surface area contributed by atoms with Gasteiger partial charge in [0.25, 0.3) is 0 Å². The summed E-state index contributed by atoms with van der Waals surface area (Å²) in [6.45, 7) is 14.3. The molecule has 0 amide bonds. The number of alkyl halides is 3. The third-order valence-electron chi connectivity index (χ3n) is 4.51. The maximum atomic E-state index is 12.2. The summed E-state index contributed by atoms with van der Waals surface area (Å²) in [4.78, 5) is 12.2. The maximum absolute atomic E-state index is 12.2. The van der Waals surface area contributed by atoms with Crippen LogP contribution in [0.4, 0.5) is 0 Å². The molecule has 0 bridgehead atoms. The fourth-order valence-corrected chi connectivity index (χ4v) is 4.11. The molecule has 0 aromatic carbocycles. The predicted octanol–water partition coefficient (Wildman–Crippen LogP) is 5.18. The van der Waals surface area contributed by atoms with Crippen LogP contribution in [0, 0.1) is 0 Å². The highest BCUT2D eigenvalue weighted by Crippen LogP contribution is 2.46. The van der Waals surface area contributed by atoms with Gasteiger partial charge in [0, 0.05) is 6.42 Å². The first-order chi connectivity index (χ1) is 11.1. The molecule has 0 aromatic heterocycles. The van der Waals surface area contributed by atoms with E-state index < -0.39 is 30.2 Å². The fourth-order valence-electron chi connectivity index (χ4n) is 2.38. The quantitative estimate of drug-likeness (QED) is 0.338. The van der Waals surface area contributed by atoms with Crippen molar-refractivity contribution in [1.29, 1.82) is 0 Å². The lowest BCUT2D eigenvalue weighted by molar-refractivity contribution is -0.339. The highest BCUT2D eigenvalue weighted by molar-refractivity contribution is 6.74. The zero-order valence-corrected chi connectivity index (χ0v) is 19.2. The first-order valence-electron chi connectivity index (χ1n) is 8.38. The van der Waals surface area contributed by atoms with Crippen molar-refractivity contribution in [2.24, 2.45) is 0 Å². The normalized spacial score (nSPS) is 28.7. The standard InChI is InChI=1S/C16H29Cl3O5Si/c1-8-21-12(20)10-15(24-25(6,7)14(3,4)5)9-11(2)22-13(23-15)16(17,18)19/h11,13H,8-10H2,1-7H3/t11-,13-,15+/m1/s1. The summed E-state index contributed by atoms with van der Waals surface area (Å²) in [5.74, 6) is -1.67. The minimum atomic E-state index is -2.29. The predicted molar refractivity (Wildman–Crippen MR) is 103 cm³/mol. The molecule has 1 aliphatic rings. The molecule has 9 heteroatoms. The van der Waals surface area contributed by atoms with Crippen molar-refractivity contribution in [1.82, 2.24) is 0 Å². The van der Waals surface area contributed by atoms with Crippen LogP contribution >= 0.6 is 34.8 Å². The van der Waals surface area contributed by atoms with Crippen molar-refractivity contribution in [2.45, 2.75) is 87.6 Å². The van der Waals surface area contributed by atoms with E-state index in [2.05, 4.69) is 33.9 Å². The lowest BCUT2D eigenvalue weighted by Gasteiger charge is -2.50. The summed E-state index contributed by atoms with van der Waals surface area (Å²) in [7, 11) is -2.29. The van der Waals surface area contributed by atoms with Crippen LogP contribution < -0.4 is 0 Å². The first-order valence-corrected chi connectivity index (χ1v) is 12.4. The van der Waals surface area contributed by atoms with Crippen LogP contribution in [-0.2, 0) is 23.4 Å². The molecular formula is C16H29Cl3O5Si. The van der Waals surface area contributed by atoms with Crippen LogP contribution in [0.3, 0.4) is 0 Å². The molecule has 0 aliphatic carbocycles. The Morgan fingerprint density at radius 1 is 1.28 bits per heavy atom. The number of ether oxygens (including phenoxy) is 3. The average molecular weight is 436 g/mol. The molecule has 1 heterocycles. The third-order valence-corrected chi connectivity index (χ3v) is 9.54. The van der Waals surface area contributed by atoms with Crippen molar-refractivity contribution >= 4 is 49.1 Å². The Hall–Kier alpha value is 0.437. The molecular weight excluding hydrogens is 407 g/mol. The van der Waals surface area contributed by atoms with E-state index in [-0.39, 0.29) is 24.2 Å². The number of hydrogen-bond donors (Lipinski definition) is 0. The number of rotatable bonds is 5. The van der Waals surface area contributed by atoms with Crippen LogP contribution in [0.1, 0.15) is 47.5 Å². The van der Waals surface area contributed by atoms with Gasteiger partial charge in [0.15, 0.2) is 14.1 Å².